The molecule has 2 aromatic rings. The van der Waals surface area contributed by atoms with Gasteiger partial charge in [-0.1, -0.05) is 83.2 Å². The normalized spacial score (nSPS) is 28.0. The van der Waals surface area contributed by atoms with Gasteiger partial charge in [-0.05, 0) is 79.3 Å². The number of halogens is 1. The van der Waals surface area contributed by atoms with Crippen molar-refractivity contribution < 1.29 is 9.16 Å². The Bertz CT molecular complexity index is 1300. The second-order valence-corrected chi connectivity index (χ2v) is 21.0. The maximum Gasteiger partial charge on any atom is 0.192 e. The molecule has 1 fully saturated rings. The minimum Gasteiger partial charge on any atom is -0.410 e. The number of alkyl halides is 1. The van der Waals surface area contributed by atoms with Crippen LogP contribution in [-0.2, 0) is 21.2 Å². The van der Waals surface area contributed by atoms with Crippen molar-refractivity contribution in [3.05, 3.63) is 63.5 Å². The Kier molecular flexibility index (Phi) is 7.44. The van der Waals surface area contributed by atoms with E-state index < -0.39 is 8.32 Å². The molecule has 6 heteroatoms. The molecule has 3 aliphatic rings. The van der Waals surface area contributed by atoms with Crippen LogP contribution in [0.2, 0.25) is 18.1 Å². The van der Waals surface area contributed by atoms with Gasteiger partial charge in [0.05, 0.1) is 17.7 Å². The summed E-state index contributed by atoms with van der Waals surface area (Å²) < 4.78 is 15.1. The quantitative estimate of drug-likeness (QED) is 0.187. The fraction of sp³-hybridized carbons (Fsp3) is 0.636. The molecule has 0 radical (unpaired) electrons. The number of nitrogens with zero attached hydrogens (tertiary/aromatic N) is 2. The highest BCUT2D eigenvalue weighted by atomic mass is 127. The van der Waals surface area contributed by atoms with Gasteiger partial charge in [0, 0.05) is 32.0 Å². The fourth-order valence-electron chi connectivity index (χ4n) is 6.73. The predicted octanol–water partition coefficient (Wildman–Crippen LogP) is 9.41. The van der Waals surface area contributed by atoms with Crippen LogP contribution in [0.3, 0.4) is 0 Å². The van der Waals surface area contributed by atoms with E-state index in [0.717, 1.165) is 31.2 Å². The first kappa shape index (κ1) is 29.2. The first-order valence-electron chi connectivity index (χ1n) is 14.7. The van der Waals surface area contributed by atoms with Crippen LogP contribution in [0.25, 0.3) is 0 Å². The molecular weight excluding hydrogens is 611 g/mol. The smallest absolute Gasteiger partial charge is 0.192 e. The maximum absolute atomic E-state index is 9.42. The summed E-state index contributed by atoms with van der Waals surface area (Å²) in [7, 11) is -2.05. The van der Waals surface area contributed by atoms with Crippen molar-refractivity contribution in [3.63, 3.8) is 0 Å². The molecule has 0 amide bonds. The van der Waals surface area contributed by atoms with Gasteiger partial charge in [-0.25, -0.2) is 0 Å². The van der Waals surface area contributed by atoms with Crippen LogP contribution >= 0.6 is 22.6 Å². The molecule has 2 heterocycles. The third kappa shape index (κ3) is 4.94. The van der Waals surface area contributed by atoms with E-state index >= 15 is 0 Å². The van der Waals surface area contributed by atoms with E-state index in [-0.39, 0.29) is 34.2 Å². The van der Waals surface area contributed by atoms with Crippen LogP contribution in [-0.4, -0.2) is 17.2 Å². The lowest BCUT2D eigenvalue weighted by Crippen LogP contribution is -2.44. The van der Waals surface area contributed by atoms with Crippen molar-refractivity contribution in [1.29, 1.82) is 5.26 Å². The molecule has 0 saturated heterocycles. The number of hydrogen-bond acceptors (Lipinski definition) is 4. The largest absolute Gasteiger partial charge is 0.410 e. The molecule has 1 aromatic carbocycles. The monoisotopic (exact) mass is 656 g/mol. The number of fused-ring (bicyclic) bond motifs is 4. The van der Waals surface area contributed by atoms with Gasteiger partial charge in [0.25, 0.3) is 0 Å². The van der Waals surface area contributed by atoms with Crippen LogP contribution < -0.4 is 0 Å². The first-order valence-corrected chi connectivity index (χ1v) is 18.8. The molecular formula is C33H45IN2O2Si. The van der Waals surface area contributed by atoms with E-state index in [0.29, 0.717) is 9.49 Å². The molecule has 4 atom stereocenters. The van der Waals surface area contributed by atoms with Crippen molar-refractivity contribution in [3.8, 4) is 6.07 Å². The van der Waals surface area contributed by atoms with E-state index in [1.54, 1.807) is 0 Å². The van der Waals surface area contributed by atoms with Gasteiger partial charge in [-0.2, -0.15) is 5.26 Å². The van der Waals surface area contributed by atoms with Gasteiger partial charge in [0.1, 0.15) is 11.7 Å². The molecule has 5 rings (SSSR count). The number of ether oxygens (including phenoxy) is 1. The number of hydrogen-bond donors (Lipinski definition) is 0. The van der Waals surface area contributed by atoms with Crippen LogP contribution in [0.15, 0.2) is 24.3 Å². The highest BCUT2D eigenvalue weighted by Gasteiger charge is 2.57. The lowest BCUT2D eigenvalue weighted by Gasteiger charge is -2.45. The summed E-state index contributed by atoms with van der Waals surface area (Å²) >= 11 is 2.66. The van der Waals surface area contributed by atoms with Gasteiger partial charge in [0.2, 0.25) is 0 Å². The molecule has 1 saturated carbocycles. The second kappa shape index (κ2) is 9.92. The van der Waals surface area contributed by atoms with Gasteiger partial charge < -0.3 is 9.16 Å². The molecule has 1 aromatic heterocycles. The Hall–Kier alpha value is -1.27. The Morgan fingerprint density at radius 2 is 1.82 bits per heavy atom. The molecule has 2 unspecified atom stereocenters. The van der Waals surface area contributed by atoms with Crippen molar-refractivity contribution in [2.24, 2.45) is 5.41 Å². The molecule has 2 aliphatic carbocycles. The van der Waals surface area contributed by atoms with Gasteiger partial charge in [0.15, 0.2) is 8.32 Å². The Morgan fingerprint density at radius 3 is 2.36 bits per heavy atom. The fourth-order valence-corrected chi connectivity index (χ4v) is 9.21. The van der Waals surface area contributed by atoms with Crippen molar-refractivity contribution in [2.45, 2.75) is 126 Å². The first-order chi connectivity index (χ1) is 18.1. The Labute approximate surface area is 250 Å². The summed E-state index contributed by atoms with van der Waals surface area (Å²) in [5, 5.41) is 9.55. The zero-order valence-corrected chi connectivity index (χ0v) is 28.4. The van der Waals surface area contributed by atoms with Crippen LogP contribution in [0.5, 0.6) is 0 Å². The van der Waals surface area contributed by atoms with Gasteiger partial charge in [-0.15, -0.1) is 0 Å². The second-order valence-electron chi connectivity index (χ2n) is 14.7. The summed E-state index contributed by atoms with van der Waals surface area (Å²) in [5.74, 6) is 0.280. The third-order valence-electron chi connectivity index (χ3n) is 9.74. The minimum atomic E-state index is -2.05. The number of benzene rings is 1. The zero-order valence-electron chi connectivity index (χ0n) is 25.2. The molecule has 210 valence electrons. The van der Waals surface area contributed by atoms with Crippen LogP contribution in [0.4, 0.5) is 0 Å². The summed E-state index contributed by atoms with van der Waals surface area (Å²) in [6, 6.07) is 10.3. The van der Waals surface area contributed by atoms with Crippen LogP contribution in [0, 0.1) is 16.7 Å². The highest BCUT2D eigenvalue weighted by molar-refractivity contribution is 14.1. The number of aromatic nitrogens is 1. The van der Waals surface area contributed by atoms with E-state index in [9.17, 15) is 5.26 Å². The van der Waals surface area contributed by atoms with E-state index in [4.69, 9.17) is 14.1 Å². The molecule has 0 N–H and O–H groups in total. The zero-order chi connectivity index (χ0) is 28.5. The molecule has 0 bridgehead atoms. The molecule has 39 heavy (non-hydrogen) atoms. The maximum atomic E-state index is 9.42. The Morgan fingerprint density at radius 1 is 1.15 bits per heavy atom. The number of nitriles is 1. The van der Waals surface area contributed by atoms with E-state index in [2.05, 4.69) is 102 Å². The summed E-state index contributed by atoms with van der Waals surface area (Å²) in [6.07, 6.45) is 5.18. The number of pyridine rings is 1. The summed E-state index contributed by atoms with van der Waals surface area (Å²) in [6.45, 7) is 21.1. The third-order valence-corrected chi connectivity index (χ3v) is 15.9. The standard InChI is InChI=1S/C33H45IN2O2Si/c1-20(2)29-27-28(26-23(36-29)17-32(6,7)18-24(26)38-39(8,9)31(3,4)5)33(16-10-11-25(33)34)37-30(27)22-14-12-21(19-35)13-15-22/h12-15,20,24-25,30H,10-11,16-18H2,1-9H3/t24-,25?,30+,33?/m0/s1. The number of rotatable bonds is 4. The average molecular weight is 657 g/mol. The van der Waals surface area contributed by atoms with E-state index in [1.807, 2.05) is 12.1 Å². The van der Waals surface area contributed by atoms with Crippen molar-refractivity contribution >= 4 is 30.9 Å². The molecule has 1 spiro atoms. The van der Waals surface area contributed by atoms with Crippen LogP contribution in [0.1, 0.15) is 131 Å². The minimum absolute atomic E-state index is 0.0245. The summed E-state index contributed by atoms with van der Waals surface area (Å²) in [4.78, 5) is 5.51. The van der Waals surface area contributed by atoms with E-state index in [1.165, 1.54) is 34.5 Å². The highest BCUT2D eigenvalue weighted by Crippen LogP contribution is 2.62. The lowest BCUT2D eigenvalue weighted by molar-refractivity contribution is -0.0514. The Balaban J connectivity index is 1.80. The van der Waals surface area contributed by atoms with Crippen molar-refractivity contribution in [1.82, 2.24) is 4.98 Å². The molecule has 1 aliphatic heterocycles. The van der Waals surface area contributed by atoms with Gasteiger partial charge >= 0.3 is 0 Å². The van der Waals surface area contributed by atoms with Crippen molar-refractivity contribution in [2.75, 3.05) is 0 Å². The lowest BCUT2D eigenvalue weighted by atomic mass is 9.70. The average Bonchev–Trinajstić information content (AvgIpc) is 3.37. The molecule has 4 nitrogen and oxygen atoms in total. The summed E-state index contributed by atoms with van der Waals surface area (Å²) in [5.41, 5.74) is 8.02. The van der Waals surface area contributed by atoms with Gasteiger partial charge in [-0.3, -0.25) is 4.98 Å². The SMILES string of the molecule is CC(C)c1nc2c(c3c1[C@@H](c1ccc(C#N)cc1)OC31CCCC1I)[C@@H](O[Si](C)(C)C(C)(C)C)CC(C)(C)C2. The predicted molar refractivity (Wildman–Crippen MR) is 169 cm³/mol. The topological polar surface area (TPSA) is 55.1 Å².